The van der Waals surface area contributed by atoms with Crippen LogP contribution in [0, 0.1) is 11.3 Å². The van der Waals surface area contributed by atoms with Crippen LogP contribution in [0.3, 0.4) is 0 Å². The second-order valence-corrected chi connectivity index (χ2v) is 7.59. The minimum Gasteiger partial charge on any atom is -0.481 e. The van der Waals surface area contributed by atoms with Crippen LogP contribution in [0.4, 0.5) is 4.79 Å². The number of carboxylic acids is 1. The topological polar surface area (TPSA) is 66.8 Å². The summed E-state index contributed by atoms with van der Waals surface area (Å²) in [5.41, 5.74) is -1.32. The Labute approximate surface area is 126 Å². The van der Waals surface area contributed by atoms with E-state index in [-0.39, 0.29) is 12.6 Å². The van der Waals surface area contributed by atoms with Crippen molar-refractivity contribution in [2.45, 2.75) is 64.9 Å². The van der Waals surface area contributed by atoms with Crippen molar-refractivity contribution in [3.8, 4) is 0 Å². The van der Waals surface area contributed by atoms with Gasteiger partial charge in [-0.25, -0.2) is 4.79 Å². The minimum absolute atomic E-state index is 0.285. The number of nitrogens with zero attached hydrogens (tertiary/aromatic N) is 1. The van der Waals surface area contributed by atoms with Crippen LogP contribution in [0.5, 0.6) is 0 Å². The zero-order chi connectivity index (χ0) is 15.7. The van der Waals surface area contributed by atoms with Gasteiger partial charge >= 0.3 is 12.1 Å². The van der Waals surface area contributed by atoms with Crippen LogP contribution in [-0.2, 0) is 9.53 Å². The predicted molar refractivity (Wildman–Crippen MR) is 79.1 cm³/mol. The summed E-state index contributed by atoms with van der Waals surface area (Å²) in [4.78, 5) is 25.6. The highest BCUT2D eigenvalue weighted by Gasteiger charge is 2.46. The molecule has 0 spiro atoms. The first-order valence-electron chi connectivity index (χ1n) is 7.93. The molecule has 1 N–H and O–H groups in total. The van der Waals surface area contributed by atoms with Crippen molar-refractivity contribution < 1.29 is 19.4 Å². The molecular formula is C16H27NO4. The molecule has 1 saturated heterocycles. The number of carboxylic acid groups (broad SMARTS) is 1. The molecule has 1 aliphatic carbocycles. The molecule has 5 nitrogen and oxygen atoms in total. The van der Waals surface area contributed by atoms with E-state index in [0.29, 0.717) is 25.3 Å². The number of piperidine rings is 1. The van der Waals surface area contributed by atoms with Crippen LogP contribution < -0.4 is 0 Å². The Kier molecular flexibility index (Phi) is 4.49. The molecule has 2 aliphatic rings. The quantitative estimate of drug-likeness (QED) is 0.868. The predicted octanol–water partition coefficient (Wildman–Crippen LogP) is 3.28. The van der Waals surface area contributed by atoms with Crippen molar-refractivity contribution in [1.29, 1.82) is 0 Å². The first-order chi connectivity index (χ1) is 9.72. The molecule has 120 valence electrons. The summed E-state index contributed by atoms with van der Waals surface area (Å²) in [7, 11) is 0. The second kappa shape index (κ2) is 5.85. The summed E-state index contributed by atoms with van der Waals surface area (Å²) in [5.74, 6) is -0.248. The second-order valence-electron chi connectivity index (χ2n) is 7.59. The summed E-state index contributed by atoms with van der Waals surface area (Å²) in [5, 5.41) is 9.71. The van der Waals surface area contributed by atoms with E-state index < -0.39 is 17.0 Å². The number of hydrogen-bond donors (Lipinski definition) is 1. The largest absolute Gasteiger partial charge is 0.481 e. The van der Waals surface area contributed by atoms with E-state index in [1.54, 1.807) is 4.90 Å². The molecule has 0 aromatic heterocycles. The molecule has 0 radical (unpaired) electrons. The van der Waals surface area contributed by atoms with Gasteiger partial charge in [-0.2, -0.15) is 0 Å². The highest BCUT2D eigenvalue weighted by molar-refractivity contribution is 5.77. The molecule has 1 aliphatic heterocycles. The number of carbonyl (C=O) groups is 2. The normalized spacial score (nSPS) is 27.1. The zero-order valence-corrected chi connectivity index (χ0v) is 13.4. The van der Waals surface area contributed by atoms with Gasteiger partial charge in [0, 0.05) is 13.1 Å². The van der Waals surface area contributed by atoms with Gasteiger partial charge in [0.15, 0.2) is 0 Å². The van der Waals surface area contributed by atoms with E-state index in [1.807, 2.05) is 20.8 Å². The average molecular weight is 297 g/mol. The van der Waals surface area contributed by atoms with Crippen molar-refractivity contribution >= 4 is 12.1 Å². The third-order valence-corrected chi connectivity index (χ3v) is 4.59. The Morgan fingerprint density at radius 2 is 1.95 bits per heavy atom. The van der Waals surface area contributed by atoms with Gasteiger partial charge in [0.25, 0.3) is 0 Å². The van der Waals surface area contributed by atoms with Crippen LogP contribution in [0.15, 0.2) is 0 Å². The number of carbonyl (C=O) groups excluding carboxylic acids is 1. The molecule has 0 bridgehead atoms. The molecule has 2 rings (SSSR count). The Morgan fingerprint density at radius 3 is 2.43 bits per heavy atom. The number of aliphatic carboxylic acids is 1. The number of hydrogen-bond acceptors (Lipinski definition) is 3. The van der Waals surface area contributed by atoms with Crippen molar-refractivity contribution in [2.75, 3.05) is 13.1 Å². The van der Waals surface area contributed by atoms with Crippen molar-refractivity contribution in [1.82, 2.24) is 4.90 Å². The SMILES string of the molecule is CC(C)(C)OC(=O)N1CCCC(CC2CCC2)(C(=O)O)C1. The highest BCUT2D eigenvalue weighted by atomic mass is 16.6. The smallest absolute Gasteiger partial charge is 0.410 e. The highest BCUT2D eigenvalue weighted by Crippen LogP contribution is 2.43. The molecule has 1 saturated carbocycles. The van der Waals surface area contributed by atoms with Crippen LogP contribution in [-0.4, -0.2) is 40.8 Å². The minimum atomic E-state index is -0.778. The maximum atomic E-state index is 12.2. The van der Waals surface area contributed by atoms with Crippen LogP contribution >= 0.6 is 0 Å². The maximum Gasteiger partial charge on any atom is 0.410 e. The van der Waals surface area contributed by atoms with E-state index in [2.05, 4.69) is 0 Å². The fourth-order valence-corrected chi connectivity index (χ4v) is 3.29. The lowest BCUT2D eigenvalue weighted by Gasteiger charge is -2.43. The van der Waals surface area contributed by atoms with E-state index in [0.717, 1.165) is 19.3 Å². The van der Waals surface area contributed by atoms with Gasteiger partial charge < -0.3 is 14.7 Å². The number of amides is 1. The van der Waals surface area contributed by atoms with Gasteiger partial charge in [-0.1, -0.05) is 19.3 Å². The maximum absolute atomic E-state index is 12.2. The van der Waals surface area contributed by atoms with Crippen LogP contribution in [0.2, 0.25) is 0 Å². The Balaban J connectivity index is 2.05. The lowest BCUT2D eigenvalue weighted by atomic mass is 9.68. The van der Waals surface area contributed by atoms with Crippen LogP contribution in [0.1, 0.15) is 59.3 Å². The summed E-state index contributed by atoms with van der Waals surface area (Å²) in [6.07, 6.45) is 5.17. The fourth-order valence-electron chi connectivity index (χ4n) is 3.29. The lowest BCUT2D eigenvalue weighted by Crippen LogP contribution is -2.52. The van der Waals surface area contributed by atoms with Gasteiger partial charge in [-0.05, 0) is 46.0 Å². The molecule has 5 heteroatoms. The molecule has 21 heavy (non-hydrogen) atoms. The summed E-state index contributed by atoms with van der Waals surface area (Å²) >= 11 is 0. The monoisotopic (exact) mass is 297 g/mol. The van der Waals surface area contributed by atoms with Gasteiger partial charge in [0.2, 0.25) is 0 Å². The molecule has 1 amide bonds. The molecular weight excluding hydrogens is 270 g/mol. The molecule has 1 atom stereocenters. The van der Waals surface area contributed by atoms with Crippen molar-refractivity contribution in [3.63, 3.8) is 0 Å². The number of likely N-dealkylation sites (tertiary alicyclic amines) is 1. The van der Waals surface area contributed by atoms with Gasteiger partial charge in [-0.15, -0.1) is 0 Å². The molecule has 2 fully saturated rings. The van der Waals surface area contributed by atoms with Gasteiger partial charge in [0.1, 0.15) is 5.60 Å². The molecule has 0 aromatic rings. The van der Waals surface area contributed by atoms with E-state index >= 15 is 0 Å². The summed E-state index contributed by atoms with van der Waals surface area (Å²) < 4.78 is 5.39. The van der Waals surface area contributed by atoms with Gasteiger partial charge in [-0.3, -0.25) is 4.79 Å². The summed E-state index contributed by atoms with van der Waals surface area (Å²) in [6.45, 7) is 6.36. The zero-order valence-electron chi connectivity index (χ0n) is 13.4. The van der Waals surface area contributed by atoms with Crippen LogP contribution in [0.25, 0.3) is 0 Å². The Morgan fingerprint density at radius 1 is 1.29 bits per heavy atom. The fraction of sp³-hybridized carbons (Fsp3) is 0.875. The Bertz CT molecular complexity index is 411. The average Bonchev–Trinajstić information content (AvgIpc) is 2.32. The lowest BCUT2D eigenvalue weighted by molar-refractivity contribution is -0.154. The number of rotatable bonds is 3. The first kappa shape index (κ1) is 16.1. The summed E-state index contributed by atoms with van der Waals surface area (Å²) in [6, 6.07) is 0. The van der Waals surface area contributed by atoms with Gasteiger partial charge in [0.05, 0.1) is 5.41 Å². The first-order valence-corrected chi connectivity index (χ1v) is 7.93. The molecule has 1 unspecified atom stereocenters. The van der Waals surface area contributed by atoms with E-state index in [9.17, 15) is 14.7 Å². The molecule has 1 heterocycles. The van der Waals surface area contributed by atoms with E-state index in [4.69, 9.17) is 4.74 Å². The van der Waals surface area contributed by atoms with Crippen molar-refractivity contribution in [2.24, 2.45) is 11.3 Å². The number of ether oxygens (including phenoxy) is 1. The Hall–Kier alpha value is -1.26. The standard InChI is InChI=1S/C16H27NO4/c1-15(2,3)21-14(20)17-9-5-8-16(11-17,13(18)19)10-12-6-4-7-12/h12H,4-11H2,1-3H3,(H,18,19). The third kappa shape index (κ3) is 3.89. The molecule has 0 aromatic carbocycles. The van der Waals surface area contributed by atoms with E-state index in [1.165, 1.54) is 6.42 Å². The van der Waals surface area contributed by atoms with Crippen molar-refractivity contribution in [3.05, 3.63) is 0 Å². The third-order valence-electron chi connectivity index (χ3n) is 4.59.